The molecule has 0 saturated heterocycles. The molecule has 7 nitrogen and oxygen atoms in total. The van der Waals surface area contributed by atoms with Crippen LogP contribution in [-0.2, 0) is 14.8 Å². The molecule has 0 bridgehead atoms. The molecule has 1 atom stereocenters. The topological polar surface area (TPSA) is 93.7 Å². The molecule has 0 aliphatic heterocycles. The van der Waals surface area contributed by atoms with Crippen molar-refractivity contribution in [1.29, 1.82) is 0 Å². The van der Waals surface area contributed by atoms with E-state index in [1.807, 2.05) is 19.9 Å². The molecular formula is C24H25ClN2O5S. The van der Waals surface area contributed by atoms with Gasteiger partial charge in [0.1, 0.15) is 11.5 Å². The number of anilines is 2. The Hall–Kier alpha value is -3.23. The molecule has 174 valence electrons. The molecule has 0 aliphatic rings. The molecular weight excluding hydrogens is 464 g/mol. The Kier molecular flexibility index (Phi) is 7.84. The van der Waals surface area contributed by atoms with Crippen molar-refractivity contribution in [1.82, 2.24) is 0 Å². The minimum Gasteiger partial charge on any atom is -0.495 e. The van der Waals surface area contributed by atoms with Crippen LogP contribution in [0.2, 0.25) is 5.02 Å². The predicted molar refractivity (Wildman–Crippen MR) is 130 cm³/mol. The van der Waals surface area contributed by atoms with Gasteiger partial charge in [-0.25, -0.2) is 8.42 Å². The van der Waals surface area contributed by atoms with Gasteiger partial charge in [-0.05, 0) is 67.4 Å². The van der Waals surface area contributed by atoms with Crippen LogP contribution in [0.25, 0.3) is 0 Å². The van der Waals surface area contributed by atoms with Gasteiger partial charge in [0.25, 0.3) is 15.9 Å². The zero-order valence-corrected chi connectivity index (χ0v) is 20.0. The Balaban J connectivity index is 1.71. The molecule has 1 amide bonds. The van der Waals surface area contributed by atoms with E-state index in [0.29, 0.717) is 34.3 Å². The Morgan fingerprint density at radius 1 is 1.03 bits per heavy atom. The molecule has 0 heterocycles. The molecule has 3 aromatic carbocycles. The van der Waals surface area contributed by atoms with Crippen molar-refractivity contribution < 1.29 is 22.7 Å². The third-order valence-electron chi connectivity index (χ3n) is 4.80. The molecule has 33 heavy (non-hydrogen) atoms. The van der Waals surface area contributed by atoms with Crippen molar-refractivity contribution in [3.8, 4) is 11.5 Å². The highest BCUT2D eigenvalue weighted by molar-refractivity contribution is 7.92. The fourth-order valence-electron chi connectivity index (χ4n) is 3.06. The summed E-state index contributed by atoms with van der Waals surface area (Å²) in [5.41, 5.74) is 1.67. The first-order valence-corrected chi connectivity index (χ1v) is 12.1. The van der Waals surface area contributed by atoms with E-state index in [4.69, 9.17) is 21.1 Å². The fourth-order valence-corrected chi connectivity index (χ4v) is 4.30. The average Bonchev–Trinajstić information content (AvgIpc) is 2.78. The van der Waals surface area contributed by atoms with Gasteiger partial charge in [0.2, 0.25) is 0 Å². The van der Waals surface area contributed by atoms with Crippen LogP contribution in [0.4, 0.5) is 11.4 Å². The highest BCUT2D eigenvalue weighted by atomic mass is 35.5. The van der Waals surface area contributed by atoms with Crippen LogP contribution in [0.1, 0.15) is 18.9 Å². The van der Waals surface area contributed by atoms with E-state index >= 15 is 0 Å². The van der Waals surface area contributed by atoms with Crippen LogP contribution in [-0.4, -0.2) is 27.5 Å². The summed E-state index contributed by atoms with van der Waals surface area (Å²) in [5, 5.41) is 3.16. The van der Waals surface area contributed by atoms with Gasteiger partial charge in [0, 0.05) is 5.69 Å². The van der Waals surface area contributed by atoms with E-state index in [9.17, 15) is 13.2 Å². The van der Waals surface area contributed by atoms with Gasteiger partial charge in [0.15, 0.2) is 6.10 Å². The number of hydrogen-bond acceptors (Lipinski definition) is 5. The molecule has 9 heteroatoms. The number of rotatable bonds is 9. The molecule has 0 aliphatic carbocycles. The van der Waals surface area contributed by atoms with E-state index in [1.165, 1.54) is 31.4 Å². The van der Waals surface area contributed by atoms with Crippen molar-refractivity contribution in [3.05, 3.63) is 77.3 Å². The van der Waals surface area contributed by atoms with Crippen LogP contribution in [0.5, 0.6) is 11.5 Å². The number of aryl methyl sites for hydroxylation is 1. The number of para-hydroxylation sites is 1. The number of amides is 1. The van der Waals surface area contributed by atoms with Crippen LogP contribution < -0.4 is 19.5 Å². The zero-order chi connectivity index (χ0) is 24.0. The van der Waals surface area contributed by atoms with Crippen molar-refractivity contribution in [2.24, 2.45) is 0 Å². The summed E-state index contributed by atoms with van der Waals surface area (Å²) in [5.74, 6) is 0.466. The van der Waals surface area contributed by atoms with Crippen molar-refractivity contribution >= 4 is 38.9 Å². The molecule has 2 N–H and O–H groups in total. The van der Waals surface area contributed by atoms with E-state index in [1.54, 1.807) is 36.4 Å². The van der Waals surface area contributed by atoms with Crippen LogP contribution in [0, 0.1) is 6.92 Å². The van der Waals surface area contributed by atoms with Gasteiger partial charge in [0.05, 0.1) is 22.7 Å². The summed E-state index contributed by atoms with van der Waals surface area (Å²) < 4.78 is 39.2. The van der Waals surface area contributed by atoms with Crippen molar-refractivity contribution in [2.45, 2.75) is 31.3 Å². The lowest BCUT2D eigenvalue weighted by Crippen LogP contribution is -2.32. The second kappa shape index (κ2) is 10.6. The highest BCUT2D eigenvalue weighted by Crippen LogP contribution is 2.28. The van der Waals surface area contributed by atoms with Crippen molar-refractivity contribution in [3.63, 3.8) is 0 Å². The number of sulfonamides is 1. The quantitative estimate of drug-likeness (QED) is 0.429. The summed E-state index contributed by atoms with van der Waals surface area (Å²) >= 11 is 6.11. The van der Waals surface area contributed by atoms with Crippen LogP contribution >= 0.6 is 11.6 Å². The largest absolute Gasteiger partial charge is 0.495 e. The van der Waals surface area contributed by atoms with E-state index in [-0.39, 0.29) is 10.8 Å². The normalized spacial score (nSPS) is 12.0. The maximum atomic E-state index is 12.8. The van der Waals surface area contributed by atoms with E-state index in [2.05, 4.69) is 10.0 Å². The fraction of sp³-hybridized carbons (Fsp3) is 0.208. The van der Waals surface area contributed by atoms with Gasteiger partial charge >= 0.3 is 0 Å². The molecule has 0 saturated carbocycles. The molecule has 3 rings (SSSR count). The third kappa shape index (κ3) is 6.18. The first kappa shape index (κ1) is 24.4. The Morgan fingerprint density at radius 2 is 1.73 bits per heavy atom. The number of carbonyl (C=O) groups is 1. The van der Waals surface area contributed by atoms with Gasteiger partial charge in [-0.1, -0.05) is 36.7 Å². The Bertz CT molecular complexity index is 1230. The standard InChI is InChI=1S/C24H25ClN2O5S/c1-4-21(32-22-8-6-5-7-19(22)25)24(28)26-17-10-12-18(13-11-17)33(29,30)27-20-15-16(2)9-14-23(20)31-3/h5-15,21,27H,4H2,1-3H3,(H,26,28)/t21-/m1/s1. The monoisotopic (exact) mass is 488 g/mol. The second-order valence-corrected chi connectivity index (χ2v) is 9.36. The van der Waals surface area contributed by atoms with Crippen LogP contribution in [0.15, 0.2) is 71.6 Å². The number of methoxy groups -OCH3 is 1. The van der Waals surface area contributed by atoms with Gasteiger partial charge < -0.3 is 14.8 Å². The maximum Gasteiger partial charge on any atom is 0.265 e. The molecule has 0 fully saturated rings. The molecule has 3 aromatic rings. The molecule has 0 aromatic heterocycles. The number of hydrogen-bond donors (Lipinski definition) is 2. The van der Waals surface area contributed by atoms with E-state index < -0.39 is 16.1 Å². The lowest BCUT2D eigenvalue weighted by Gasteiger charge is -2.18. The van der Waals surface area contributed by atoms with Gasteiger partial charge in [-0.3, -0.25) is 9.52 Å². The number of ether oxygens (including phenoxy) is 2. The molecule has 0 spiro atoms. The number of benzene rings is 3. The summed E-state index contributed by atoms with van der Waals surface area (Å²) in [6.45, 7) is 3.68. The molecule has 0 radical (unpaired) electrons. The Labute approximate surface area is 198 Å². The summed E-state index contributed by atoms with van der Waals surface area (Å²) in [4.78, 5) is 12.7. The van der Waals surface area contributed by atoms with E-state index in [0.717, 1.165) is 5.56 Å². The highest BCUT2D eigenvalue weighted by Gasteiger charge is 2.21. The summed E-state index contributed by atoms with van der Waals surface area (Å²) in [6, 6.07) is 18.0. The van der Waals surface area contributed by atoms with Crippen LogP contribution in [0.3, 0.4) is 0 Å². The summed E-state index contributed by atoms with van der Waals surface area (Å²) in [6.07, 6.45) is -0.338. The Morgan fingerprint density at radius 3 is 2.36 bits per heavy atom. The average molecular weight is 489 g/mol. The third-order valence-corrected chi connectivity index (χ3v) is 6.49. The molecule has 0 unspecified atom stereocenters. The number of nitrogens with one attached hydrogen (secondary N) is 2. The summed E-state index contributed by atoms with van der Waals surface area (Å²) in [7, 11) is -2.39. The number of carbonyl (C=O) groups excluding carboxylic acids is 1. The SMILES string of the molecule is CC[C@@H](Oc1ccccc1Cl)C(=O)Nc1ccc(S(=O)(=O)Nc2cc(C)ccc2OC)cc1. The minimum atomic E-state index is -3.86. The minimum absolute atomic E-state index is 0.0448. The first-order chi connectivity index (χ1) is 15.7. The van der Waals surface area contributed by atoms with Crippen molar-refractivity contribution in [2.75, 3.05) is 17.1 Å². The van der Waals surface area contributed by atoms with Gasteiger partial charge in [-0.2, -0.15) is 0 Å². The lowest BCUT2D eigenvalue weighted by molar-refractivity contribution is -0.122. The predicted octanol–water partition coefficient (Wildman–Crippen LogP) is 5.25. The smallest absolute Gasteiger partial charge is 0.265 e. The number of halogens is 1. The zero-order valence-electron chi connectivity index (χ0n) is 18.5. The lowest BCUT2D eigenvalue weighted by atomic mass is 10.2. The maximum absolute atomic E-state index is 12.8. The van der Waals surface area contributed by atoms with Gasteiger partial charge in [-0.15, -0.1) is 0 Å². The second-order valence-electron chi connectivity index (χ2n) is 7.27. The first-order valence-electron chi connectivity index (χ1n) is 10.2.